The number of ketones is 1. The first kappa shape index (κ1) is 15.6. The topological polar surface area (TPSA) is 52.3 Å². The van der Waals surface area contributed by atoms with Gasteiger partial charge in [-0.05, 0) is 44.9 Å². The average molecular weight is 255 g/mol. The van der Waals surface area contributed by atoms with Crippen molar-refractivity contribution in [3.8, 4) is 0 Å². The highest BCUT2D eigenvalue weighted by molar-refractivity contribution is 5.78. The van der Waals surface area contributed by atoms with Crippen LogP contribution >= 0.6 is 0 Å². The van der Waals surface area contributed by atoms with Crippen LogP contribution in [-0.2, 0) is 9.53 Å². The Balaban J connectivity index is 1.91. The molecule has 1 saturated heterocycles. The highest BCUT2D eigenvalue weighted by Crippen LogP contribution is 2.21. The molecule has 2 N–H and O–H groups in total. The second-order valence-corrected chi connectivity index (χ2v) is 5.71. The van der Waals surface area contributed by atoms with E-state index >= 15 is 0 Å². The zero-order chi connectivity index (χ0) is 13.2. The molecule has 1 rings (SSSR count). The average Bonchev–Trinajstić information content (AvgIpc) is 2.35. The molecule has 1 atom stereocenters. The van der Waals surface area contributed by atoms with E-state index in [4.69, 9.17) is 10.5 Å². The van der Waals surface area contributed by atoms with Crippen molar-refractivity contribution in [3.63, 3.8) is 0 Å². The maximum atomic E-state index is 11.6. The molecule has 0 aromatic rings. The molecule has 0 bridgehead atoms. The molecule has 0 spiro atoms. The van der Waals surface area contributed by atoms with Crippen molar-refractivity contribution in [2.75, 3.05) is 13.2 Å². The molecule has 0 aromatic heterocycles. The Labute approximate surface area is 111 Å². The Morgan fingerprint density at radius 3 is 2.56 bits per heavy atom. The van der Waals surface area contributed by atoms with Gasteiger partial charge in [0.15, 0.2) is 0 Å². The molecule has 18 heavy (non-hydrogen) atoms. The number of hydrogen-bond acceptors (Lipinski definition) is 3. The van der Waals surface area contributed by atoms with E-state index in [0.717, 1.165) is 51.2 Å². The van der Waals surface area contributed by atoms with E-state index < -0.39 is 0 Å². The maximum absolute atomic E-state index is 11.6. The van der Waals surface area contributed by atoms with Crippen molar-refractivity contribution in [3.05, 3.63) is 0 Å². The largest absolute Gasteiger partial charge is 0.381 e. The van der Waals surface area contributed by atoms with Crippen LogP contribution in [0.1, 0.15) is 64.7 Å². The molecule has 106 valence electrons. The third kappa shape index (κ3) is 7.83. The minimum absolute atomic E-state index is 0.228. The van der Waals surface area contributed by atoms with Crippen LogP contribution in [0.15, 0.2) is 0 Å². The summed E-state index contributed by atoms with van der Waals surface area (Å²) >= 11 is 0. The standard InChI is InChI=1S/C15H29NO2/c1-13(16)5-4-8-15(17)7-3-2-6-14-9-11-18-12-10-14/h13-14H,2-12,16H2,1H3. The Hall–Kier alpha value is -0.410. The molecule has 1 aliphatic heterocycles. The zero-order valence-electron chi connectivity index (χ0n) is 11.8. The first-order valence-corrected chi connectivity index (χ1v) is 7.53. The van der Waals surface area contributed by atoms with Crippen LogP contribution in [0.25, 0.3) is 0 Å². The third-order valence-corrected chi connectivity index (χ3v) is 3.77. The number of unbranched alkanes of at least 4 members (excludes halogenated alkanes) is 1. The second kappa shape index (κ2) is 9.51. The van der Waals surface area contributed by atoms with Crippen molar-refractivity contribution in [1.29, 1.82) is 0 Å². The summed E-state index contributed by atoms with van der Waals surface area (Å²) in [6.07, 6.45) is 9.37. The monoisotopic (exact) mass is 255 g/mol. The van der Waals surface area contributed by atoms with Crippen molar-refractivity contribution in [1.82, 2.24) is 0 Å². The summed E-state index contributed by atoms with van der Waals surface area (Å²) in [7, 11) is 0. The smallest absolute Gasteiger partial charge is 0.132 e. The summed E-state index contributed by atoms with van der Waals surface area (Å²) in [6.45, 7) is 3.86. The number of rotatable bonds is 9. The van der Waals surface area contributed by atoms with Crippen molar-refractivity contribution in [2.45, 2.75) is 70.8 Å². The van der Waals surface area contributed by atoms with Gasteiger partial charge in [0.2, 0.25) is 0 Å². The lowest BCUT2D eigenvalue weighted by Gasteiger charge is -2.21. The Morgan fingerprint density at radius 2 is 1.89 bits per heavy atom. The maximum Gasteiger partial charge on any atom is 0.132 e. The molecule has 3 heteroatoms. The fraction of sp³-hybridized carbons (Fsp3) is 0.933. The number of ether oxygens (including phenoxy) is 1. The van der Waals surface area contributed by atoms with Crippen molar-refractivity contribution < 1.29 is 9.53 Å². The number of Topliss-reactive ketones (excluding diaryl/α,β-unsaturated/α-hetero) is 1. The first-order chi connectivity index (χ1) is 8.68. The predicted molar refractivity (Wildman–Crippen MR) is 74.5 cm³/mol. The highest BCUT2D eigenvalue weighted by Gasteiger charge is 2.13. The van der Waals surface area contributed by atoms with Crippen LogP contribution < -0.4 is 5.73 Å². The molecule has 0 amide bonds. The molecule has 0 radical (unpaired) electrons. The summed E-state index contributed by atoms with van der Waals surface area (Å²) in [5.41, 5.74) is 5.66. The summed E-state index contributed by atoms with van der Waals surface area (Å²) in [5.74, 6) is 1.26. The summed E-state index contributed by atoms with van der Waals surface area (Å²) in [6, 6.07) is 0.228. The Morgan fingerprint density at radius 1 is 1.22 bits per heavy atom. The van der Waals surface area contributed by atoms with Gasteiger partial charge in [-0.25, -0.2) is 0 Å². The SMILES string of the molecule is CC(N)CCCC(=O)CCCCC1CCOCC1. The number of hydrogen-bond donors (Lipinski definition) is 1. The first-order valence-electron chi connectivity index (χ1n) is 7.53. The van der Waals surface area contributed by atoms with Crippen molar-refractivity contribution in [2.24, 2.45) is 11.7 Å². The van der Waals surface area contributed by atoms with E-state index in [9.17, 15) is 4.79 Å². The van der Waals surface area contributed by atoms with Gasteiger partial charge < -0.3 is 10.5 Å². The summed E-state index contributed by atoms with van der Waals surface area (Å²) in [5, 5.41) is 0. The molecule has 1 heterocycles. The summed E-state index contributed by atoms with van der Waals surface area (Å²) in [4.78, 5) is 11.6. The molecule has 1 fully saturated rings. The van der Waals surface area contributed by atoms with Gasteiger partial charge in [-0.3, -0.25) is 4.79 Å². The van der Waals surface area contributed by atoms with E-state index in [0.29, 0.717) is 5.78 Å². The minimum atomic E-state index is 0.228. The van der Waals surface area contributed by atoms with Crippen LogP contribution in [0, 0.1) is 5.92 Å². The summed E-state index contributed by atoms with van der Waals surface area (Å²) < 4.78 is 5.34. The van der Waals surface area contributed by atoms with E-state index in [1.165, 1.54) is 25.7 Å². The van der Waals surface area contributed by atoms with Gasteiger partial charge in [0, 0.05) is 32.1 Å². The van der Waals surface area contributed by atoms with Gasteiger partial charge in [0.25, 0.3) is 0 Å². The normalized spacial score (nSPS) is 18.8. The Bertz CT molecular complexity index is 223. The fourth-order valence-electron chi connectivity index (χ4n) is 2.54. The van der Waals surface area contributed by atoms with Gasteiger partial charge in [0.05, 0.1) is 0 Å². The number of carbonyl (C=O) groups excluding carboxylic acids is 1. The van der Waals surface area contributed by atoms with E-state index in [2.05, 4.69) is 0 Å². The zero-order valence-corrected chi connectivity index (χ0v) is 11.8. The lowest BCUT2D eigenvalue weighted by atomic mass is 9.93. The lowest BCUT2D eigenvalue weighted by molar-refractivity contribution is -0.119. The quantitative estimate of drug-likeness (QED) is 0.644. The van der Waals surface area contributed by atoms with E-state index in [1.807, 2.05) is 6.92 Å². The van der Waals surface area contributed by atoms with Crippen LogP contribution in [0.2, 0.25) is 0 Å². The molecular weight excluding hydrogens is 226 g/mol. The van der Waals surface area contributed by atoms with Crippen molar-refractivity contribution >= 4 is 5.78 Å². The molecule has 0 aromatic carbocycles. The van der Waals surface area contributed by atoms with Crippen LogP contribution in [-0.4, -0.2) is 25.0 Å². The predicted octanol–water partition coefficient (Wildman–Crippen LogP) is 3.06. The molecule has 1 aliphatic rings. The molecule has 1 unspecified atom stereocenters. The van der Waals surface area contributed by atoms with Crippen LogP contribution in [0.5, 0.6) is 0 Å². The van der Waals surface area contributed by atoms with E-state index in [-0.39, 0.29) is 6.04 Å². The van der Waals surface area contributed by atoms with Gasteiger partial charge in [-0.1, -0.05) is 12.8 Å². The molecule has 3 nitrogen and oxygen atoms in total. The molecular formula is C15H29NO2. The number of nitrogens with two attached hydrogens (primary N) is 1. The molecule has 0 saturated carbocycles. The van der Waals surface area contributed by atoms with Gasteiger partial charge >= 0.3 is 0 Å². The van der Waals surface area contributed by atoms with Crippen LogP contribution in [0.4, 0.5) is 0 Å². The Kier molecular flexibility index (Phi) is 8.27. The third-order valence-electron chi connectivity index (χ3n) is 3.77. The van der Waals surface area contributed by atoms with Gasteiger partial charge in [-0.2, -0.15) is 0 Å². The highest BCUT2D eigenvalue weighted by atomic mass is 16.5. The van der Waals surface area contributed by atoms with Gasteiger partial charge in [-0.15, -0.1) is 0 Å². The minimum Gasteiger partial charge on any atom is -0.381 e. The lowest BCUT2D eigenvalue weighted by Crippen LogP contribution is -2.15. The number of carbonyl (C=O) groups is 1. The molecule has 0 aliphatic carbocycles. The van der Waals surface area contributed by atoms with Crippen LogP contribution in [0.3, 0.4) is 0 Å². The van der Waals surface area contributed by atoms with Gasteiger partial charge in [0.1, 0.15) is 5.78 Å². The van der Waals surface area contributed by atoms with E-state index in [1.54, 1.807) is 0 Å². The second-order valence-electron chi connectivity index (χ2n) is 5.71. The fourth-order valence-corrected chi connectivity index (χ4v) is 2.54.